The molecule has 0 spiro atoms. The van der Waals surface area contributed by atoms with Crippen molar-refractivity contribution in [3.63, 3.8) is 0 Å². The van der Waals surface area contributed by atoms with E-state index in [2.05, 4.69) is 0 Å². The smallest absolute Gasteiger partial charge is 0.419 e. The number of carbonyl (C=O) groups excluding carboxylic acids is 1. The lowest BCUT2D eigenvalue weighted by molar-refractivity contribution is -0.139. The van der Waals surface area contributed by atoms with E-state index < -0.39 is 11.7 Å². The number of thiophene rings is 1. The van der Waals surface area contributed by atoms with E-state index in [4.69, 9.17) is 4.74 Å². The summed E-state index contributed by atoms with van der Waals surface area (Å²) < 4.78 is 44.1. The summed E-state index contributed by atoms with van der Waals surface area (Å²) in [5, 5.41) is 0. The SMILES string of the molecule is CCc1ccc(COc2ccc(C=O)cc2C(F)(F)F)s1. The molecule has 21 heavy (non-hydrogen) atoms. The number of aryl methyl sites for hydroxylation is 1. The van der Waals surface area contributed by atoms with Gasteiger partial charge in [0.25, 0.3) is 0 Å². The van der Waals surface area contributed by atoms with Crippen molar-refractivity contribution in [3.05, 3.63) is 51.2 Å². The maximum absolute atomic E-state index is 13.0. The third-order valence-corrected chi connectivity index (χ3v) is 4.08. The molecule has 2 nitrogen and oxygen atoms in total. The van der Waals surface area contributed by atoms with Crippen molar-refractivity contribution in [2.75, 3.05) is 0 Å². The number of aldehydes is 1. The molecule has 2 rings (SSSR count). The minimum Gasteiger partial charge on any atom is -0.487 e. The molecule has 1 aromatic carbocycles. The van der Waals surface area contributed by atoms with Gasteiger partial charge in [-0.15, -0.1) is 11.3 Å². The van der Waals surface area contributed by atoms with Crippen LogP contribution in [0.5, 0.6) is 5.75 Å². The molecule has 0 saturated carbocycles. The van der Waals surface area contributed by atoms with Gasteiger partial charge < -0.3 is 4.74 Å². The summed E-state index contributed by atoms with van der Waals surface area (Å²) in [4.78, 5) is 12.6. The van der Waals surface area contributed by atoms with Gasteiger partial charge >= 0.3 is 6.18 Å². The Morgan fingerprint density at radius 2 is 1.90 bits per heavy atom. The van der Waals surface area contributed by atoms with Gasteiger partial charge in [0, 0.05) is 15.3 Å². The van der Waals surface area contributed by atoms with Crippen LogP contribution in [0.25, 0.3) is 0 Å². The molecule has 0 N–H and O–H groups in total. The van der Waals surface area contributed by atoms with Crippen LogP contribution >= 0.6 is 11.3 Å². The van der Waals surface area contributed by atoms with Crippen molar-refractivity contribution in [1.82, 2.24) is 0 Å². The molecule has 0 radical (unpaired) electrons. The molecule has 1 heterocycles. The monoisotopic (exact) mass is 314 g/mol. The average molecular weight is 314 g/mol. The molecular formula is C15H13F3O2S. The second-order valence-electron chi connectivity index (χ2n) is 4.38. The third kappa shape index (κ3) is 3.85. The number of halogens is 3. The quantitative estimate of drug-likeness (QED) is 0.746. The number of benzene rings is 1. The van der Waals surface area contributed by atoms with Crippen LogP contribution in [0.3, 0.4) is 0 Å². The van der Waals surface area contributed by atoms with Crippen LogP contribution in [0.4, 0.5) is 13.2 Å². The van der Waals surface area contributed by atoms with Gasteiger partial charge in [0.05, 0.1) is 5.56 Å². The molecule has 0 fully saturated rings. The van der Waals surface area contributed by atoms with Crippen LogP contribution in [0.15, 0.2) is 30.3 Å². The molecule has 0 amide bonds. The van der Waals surface area contributed by atoms with Gasteiger partial charge in [-0.25, -0.2) is 0 Å². The average Bonchev–Trinajstić information content (AvgIpc) is 2.92. The fourth-order valence-electron chi connectivity index (χ4n) is 1.81. The summed E-state index contributed by atoms with van der Waals surface area (Å²) in [6.07, 6.45) is -3.29. The van der Waals surface area contributed by atoms with E-state index in [-0.39, 0.29) is 17.9 Å². The van der Waals surface area contributed by atoms with Gasteiger partial charge in [0.1, 0.15) is 18.6 Å². The maximum Gasteiger partial charge on any atom is 0.419 e. The predicted octanol–water partition coefficient (Wildman–Crippen LogP) is 4.72. The minimum atomic E-state index is -4.56. The first-order valence-corrected chi connectivity index (χ1v) is 7.12. The minimum absolute atomic E-state index is 0.0286. The van der Waals surface area contributed by atoms with Gasteiger partial charge in [-0.05, 0) is 36.8 Å². The molecule has 1 aromatic heterocycles. The zero-order valence-electron chi connectivity index (χ0n) is 11.2. The van der Waals surface area contributed by atoms with E-state index in [1.165, 1.54) is 23.5 Å². The van der Waals surface area contributed by atoms with Crippen molar-refractivity contribution < 1.29 is 22.7 Å². The van der Waals surface area contributed by atoms with E-state index in [0.717, 1.165) is 22.2 Å². The molecule has 0 aliphatic rings. The first kappa shape index (κ1) is 15.6. The number of alkyl halides is 3. The zero-order valence-corrected chi connectivity index (χ0v) is 12.1. The molecule has 6 heteroatoms. The lowest BCUT2D eigenvalue weighted by Crippen LogP contribution is -2.09. The summed E-state index contributed by atoms with van der Waals surface area (Å²) in [5.74, 6) is -0.264. The maximum atomic E-state index is 13.0. The lowest BCUT2D eigenvalue weighted by Gasteiger charge is -2.14. The van der Waals surface area contributed by atoms with Crippen LogP contribution < -0.4 is 4.74 Å². The Balaban J connectivity index is 2.20. The topological polar surface area (TPSA) is 26.3 Å². The second-order valence-corrected chi connectivity index (χ2v) is 5.63. The molecule has 0 saturated heterocycles. The van der Waals surface area contributed by atoms with E-state index in [1.807, 2.05) is 19.1 Å². The highest BCUT2D eigenvalue weighted by atomic mass is 32.1. The Morgan fingerprint density at radius 3 is 2.48 bits per heavy atom. The summed E-state index contributed by atoms with van der Waals surface area (Å²) in [6.45, 7) is 2.09. The van der Waals surface area contributed by atoms with Crippen LogP contribution in [0.2, 0.25) is 0 Å². The summed E-state index contributed by atoms with van der Waals surface area (Å²) >= 11 is 1.51. The van der Waals surface area contributed by atoms with E-state index in [0.29, 0.717) is 6.29 Å². The highest BCUT2D eigenvalue weighted by Crippen LogP contribution is 2.37. The highest BCUT2D eigenvalue weighted by Gasteiger charge is 2.34. The number of ether oxygens (including phenoxy) is 1. The number of hydrogen-bond acceptors (Lipinski definition) is 3. The predicted molar refractivity (Wildman–Crippen MR) is 74.9 cm³/mol. The first-order chi connectivity index (χ1) is 9.94. The van der Waals surface area contributed by atoms with Crippen LogP contribution in [0, 0.1) is 0 Å². The van der Waals surface area contributed by atoms with Gasteiger partial charge in [0.2, 0.25) is 0 Å². The van der Waals surface area contributed by atoms with Crippen LogP contribution in [0.1, 0.15) is 32.6 Å². The van der Waals surface area contributed by atoms with Gasteiger partial charge in [-0.3, -0.25) is 4.79 Å². The summed E-state index contributed by atoms with van der Waals surface area (Å²) in [5.41, 5.74) is -0.960. The van der Waals surface area contributed by atoms with Crippen molar-refractivity contribution in [1.29, 1.82) is 0 Å². The summed E-state index contributed by atoms with van der Waals surface area (Å²) in [6, 6.07) is 7.07. The molecular weight excluding hydrogens is 301 g/mol. The molecule has 0 aliphatic carbocycles. The first-order valence-electron chi connectivity index (χ1n) is 6.31. The second kappa shape index (κ2) is 6.30. The van der Waals surface area contributed by atoms with E-state index >= 15 is 0 Å². The van der Waals surface area contributed by atoms with Crippen molar-refractivity contribution >= 4 is 17.6 Å². The summed E-state index contributed by atoms with van der Waals surface area (Å²) in [7, 11) is 0. The standard InChI is InChI=1S/C15H13F3O2S/c1-2-11-4-5-12(21-11)9-20-14-6-3-10(8-19)7-13(14)15(16,17)18/h3-8H,2,9H2,1H3. The Kier molecular flexibility index (Phi) is 4.67. The Bertz CT molecular complexity index is 632. The molecule has 112 valence electrons. The normalized spacial score (nSPS) is 11.4. The molecule has 0 unspecified atom stereocenters. The van der Waals surface area contributed by atoms with E-state index in [9.17, 15) is 18.0 Å². The fraction of sp³-hybridized carbons (Fsp3) is 0.267. The molecule has 0 bridgehead atoms. The Labute approximate surface area is 124 Å². The molecule has 2 aromatic rings. The van der Waals surface area contributed by atoms with Gasteiger partial charge in [0.15, 0.2) is 0 Å². The fourth-order valence-corrected chi connectivity index (χ4v) is 2.68. The van der Waals surface area contributed by atoms with Crippen molar-refractivity contribution in [3.8, 4) is 5.75 Å². The van der Waals surface area contributed by atoms with Crippen molar-refractivity contribution in [2.24, 2.45) is 0 Å². The largest absolute Gasteiger partial charge is 0.487 e. The lowest BCUT2D eigenvalue weighted by atomic mass is 10.1. The third-order valence-electron chi connectivity index (χ3n) is 2.88. The highest BCUT2D eigenvalue weighted by molar-refractivity contribution is 7.11. The van der Waals surface area contributed by atoms with Crippen LogP contribution in [-0.2, 0) is 19.2 Å². The number of hydrogen-bond donors (Lipinski definition) is 0. The Hall–Kier alpha value is -1.82. The number of carbonyl (C=O) groups is 1. The Morgan fingerprint density at radius 1 is 1.19 bits per heavy atom. The van der Waals surface area contributed by atoms with Crippen LogP contribution in [-0.4, -0.2) is 6.29 Å². The molecule has 0 aliphatic heterocycles. The number of rotatable bonds is 5. The molecule has 0 atom stereocenters. The zero-order chi connectivity index (χ0) is 15.5. The van der Waals surface area contributed by atoms with Gasteiger partial charge in [-0.1, -0.05) is 6.92 Å². The van der Waals surface area contributed by atoms with E-state index in [1.54, 1.807) is 0 Å². The van der Waals surface area contributed by atoms with Crippen molar-refractivity contribution in [2.45, 2.75) is 26.1 Å². The van der Waals surface area contributed by atoms with Gasteiger partial charge in [-0.2, -0.15) is 13.2 Å².